The monoisotopic (exact) mass is 353 g/mol. The molecular formula is C20H19NO5. The van der Waals surface area contributed by atoms with Gasteiger partial charge in [-0.1, -0.05) is 35.5 Å². The van der Waals surface area contributed by atoms with Gasteiger partial charge in [0.2, 0.25) is 0 Å². The van der Waals surface area contributed by atoms with Gasteiger partial charge in [-0.05, 0) is 42.7 Å². The molecule has 1 saturated carbocycles. The second-order valence-electron chi connectivity index (χ2n) is 6.72. The van der Waals surface area contributed by atoms with Crippen LogP contribution in [0.5, 0.6) is 5.75 Å². The van der Waals surface area contributed by atoms with Crippen molar-refractivity contribution < 1.29 is 24.6 Å². The molecule has 0 radical (unpaired) electrons. The highest BCUT2D eigenvalue weighted by Gasteiger charge is 2.73. The zero-order valence-corrected chi connectivity index (χ0v) is 14.3. The van der Waals surface area contributed by atoms with Gasteiger partial charge in [0.25, 0.3) is 5.79 Å². The minimum absolute atomic E-state index is 0.355. The van der Waals surface area contributed by atoms with Crippen LogP contribution in [0, 0.1) is 5.41 Å². The molecule has 6 heteroatoms. The van der Waals surface area contributed by atoms with Crippen LogP contribution in [-0.2, 0) is 9.63 Å². The second kappa shape index (κ2) is 5.85. The summed E-state index contributed by atoms with van der Waals surface area (Å²) in [4.78, 5) is 17.3. The Balaban J connectivity index is 1.81. The van der Waals surface area contributed by atoms with E-state index in [0.717, 1.165) is 11.1 Å². The molecule has 0 saturated heterocycles. The summed E-state index contributed by atoms with van der Waals surface area (Å²) < 4.78 is 5.18. The maximum Gasteiger partial charge on any atom is 0.316 e. The van der Waals surface area contributed by atoms with Crippen LogP contribution >= 0.6 is 0 Å². The van der Waals surface area contributed by atoms with E-state index < -0.39 is 23.1 Å². The largest absolute Gasteiger partial charge is 0.497 e. The number of benzene rings is 2. The van der Waals surface area contributed by atoms with Crippen molar-refractivity contribution in [3.63, 3.8) is 0 Å². The number of oxime groups is 1. The lowest BCUT2D eigenvalue weighted by atomic mass is 9.76. The van der Waals surface area contributed by atoms with Gasteiger partial charge in [0.1, 0.15) is 16.9 Å². The first-order chi connectivity index (χ1) is 12.5. The number of nitrogens with zero attached hydrogens (tertiary/aromatic N) is 1. The van der Waals surface area contributed by atoms with Crippen molar-refractivity contribution in [3.8, 4) is 5.75 Å². The fourth-order valence-electron chi connectivity index (χ4n) is 3.63. The Kier molecular flexibility index (Phi) is 3.73. The number of aliphatic hydroxyl groups is 1. The van der Waals surface area contributed by atoms with E-state index in [-0.39, 0.29) is 0 Å². The van der Waals surface area contributed by atoms with Crippen LogP contribution in [0.15, 0.2) is 59.8 Å². The quantitative estimate of drug-likeness (QED) is 0.863. The fourth-order valence-corrected chi connectivity index (χ4v) is 3.63. The van der Waals surface area contributed by atoms with Crippen molar-refractivity contribution in [2.75, 3.05) is 7.11 Å². The number of ether oxygens (including phenoxy) is 1. The molecule has 1 aliphatic carbocycles. The van der Waals surface area contributed by atoms with Gasteiger partial charge in [-0.15, -0.1) is 0 Å². The minimum atomic E-state index is -1.92. The number of carboxylic acid groups (broad SMARTS) is 1. The Bertz CT molecular complexity index is 858. The predicted octanol–water partition coefficient (Wildman–Crippen LogP) is 2.77. The highest BCUT2D eigenvalue weighted by atomic mass is 16.7. The van der Waals surface area contributed by atoms with Gasteiger partial charge < -0.3 is 19.8 Å². The van der Waals surface area contributed by atoms with Crippen LogP contribution in [-0.4, -0.2) is 34.8 Å². The van der Waals surface area contributed by atoms with E-state index >= 15 is 0 Å². The van der Waals surface area contributed by atoms with Gasteiger partial charge in [0.15, 0.2) is 0 Å². The van der Waals surface area contributed by atoms with Crippen molar-refractivity contribution in [3.05, 3.63) is 65.7 Å². The first-order valence-electron chi connectivity index (χ1n) is 8.43. The number of aliphatic carboxylic acids is 1. The van der Waals surface area contributed by atoms with Crippen molar-refractivity contribution in [1.82, 2.24) is 0 Å². The van der Waals surface area contributed by atoms with Gasteiger partial charge in [0, 0.05) is 5.56 Å². The molecule has 0 aromatic heterocycles. The first-order valence-corrected chi connectivity index (χ1v) is 8.43. The van der Waals surface area contributed by atoms with E-state index in [1.807, 2.05) is 42.5 Å². The van der Waals surface area contributed by atoms with E-state index in [0.29, 0.717) is 24.3 Å². The van der Waals surface area contributed by atoms with Crippen LogP contribution in [0.1, 0.15) is 29.9 Å². The van der Waals surface area contributed by atoms with Crippen molar-refractivity contribution in [2.24, 2.45) is 10.6 Å². The lowest BCUT2D eigenvalue weighted by Gasteiger charge is -2.33. The molecule has 2 unspecified atom stereocenters. The topological polar surface area (TPSA) is 88.4 Å². The molecule has 0 spiro atoms. The minimum Gasteiger partial charge on any atom is -0.497 e. The Labute approximate surface area is 150 Å². The molecule has 1 fully saturated rings. The zero-order valence-electron chi connectivity index (χ0n) is 14.3. The van der Waals surface area contributed by atoms with Crippen LogP contribution in [0.2, 0.25) is 0 Å². The van der Waals surface area contributed by atoms with Gasteiger partial charge in [0.05, 0.1) is 13.0 Å². The van der Waals surface area contributed by atoms with Crippen molar-refractivity contribution in [1.29, 1.82) is 0 Å². The number of carboxylic acids is 1. The maximum atomic E-state index is 11.9. The summed E-state index contributed by atoms with van der Waals surface area (Å²) in [6.07, 6.45) is 0.709. The lowest BCUT2D eigenvalue weighted by molar-refractivity contribution is -0.241. The molecule has 2 atom stereocenters. The first kappa shape index (κ1) is 16.6. The standard InChI is InChI=1S/C20H19NO5/c1-25-15-9-7-14(8-10-15)17-16(13-5-3-2-4-6-13)20(24,26-21-17)19(11-12-19)18(22)23/h2-10,16,24H,11-12H2,1H3,(H,22,23). The summed E-state index contributed by atoms with van der Waals surface area (Å²) in [6.45, 7) is 0. The van der Waals surface area contributed by atoms with Gasteiger partial charge in [-0.2, -0.15) is 0 Å². The normalized spacial score (nSPS) is 25.9. The van der Waals surface area contributed by atoms with Crippen LogP contribution in [0.3, 0.4) is 0 Å². The van der Waals surface area contributed by atoms with Gasteiger partial charge >= 0.3 is 5.97 Å². The number of carbonyl (C=O) groups is 1. The second-order valence-corrected chi connectivity index (χ2v) is 6.72. The van der Waals surface area contributed by atoms with E-state index in [4.69, 9.17) is 9.57 Å². The van der Waals surface area contributed by atoms with Crippen molar-refractivity contribution in [2.45, 2.75) is 24.5 Å². The summed E-state index contributed by atoms with van der Waals surface area (Å²) in [6, 6.07) is 16.5. The molecule has 2 aliphatic rings. The maximum absolute atomic E-state index is 11.9. The Hall–Kier alpha value is -2.86. The molecule has 4 rings (SSSR count). The number of hydrogen-bond donors (Lipinski definition) is 2. The Morgan fingerprint density at radius 2 is 1.81 bits per heavy atom. The zero-order chi connectivity index (χ0) is 18.4. The summed E-state index contributed by atoms with van der Waals surface area (Å²) in [7, 11) is 1.58. The van der Waals surface area contributed by atoms with Crippen molar-refractivity contribution >= 4 is 11.7 Å². The van der Waals surface area contributed by atoms with E-state index in [1.165, 1.54) is 0 Å². The summed E-state index contributed by atoms with van der Waals surface area (Å²) >= 11 is 0. The predicted molar refractivity (Wildman–Crippen MR) is 94.1 cm³/mol. The van der Waals surface area contributed by atoms with Gasteiger partial charge in [-0.3, -0.25) is 4.79 Å². The SMILES string of the molecule is COc1ccc(C2=NOC(O)(C3(C(=O)O)CC3)C2c2ccccc2)cc1. The number of hydrogen-bond acceptors (Lipinski definition) is 5. The molecule has 1 heterocycles. The molecule has 2 aromatic rings. The average molecular weight is 353 g/mol. The third kappa shape index (κ3) is 2.29. The lowest BCUT2D eigenvalue weighted by Crippen LogP contribution is -2.49. The number of methoxy groups -OCH3 is 1. The van der Waals surface area contributed by atoms with E-state index in [9.17, 15) is 15.0 Å². The van der Waals surface area contributed by atoms with E-state index in [1.54, 1.807) is 19.2 Å². The molecule has 134 valence electrons. The molecule has 1 aliphatic heterocycles. The molecule has 6 nitrogen and oxygen atoms in total. The van der Waals surface area contributed by atoms with Crippen LogP contribution in [0.25, 0.3) is 0 Å². The van der Waals surface area contributed by atoms with Crippen LogP contribution < -0.4 is 4.74 Å². The molecule has 26 heavy (non-hydrogen) atoms. The summed E-state index contributed by atoms with van der Waals surface area (Å²) in [5, 5.41) is 25.2. The average Bonchev–Trinajstić information content (AvgIpc) is 3.42. The highest BCUT2D eigenvalue weighted by molar-refractivity contribution is 6.07. The molecule has 2 N–H and O–H groups in total. The van der Waals surface area contributed by atoms with Gasteiger partial charge in [-0.25, -0.2) is 0 Å². The molecule has 0 amide bonds. The highest BCUT2D eigenvalue weighted by Crippen LogP contribution is 2.61. The third-order valence-corrected chi connectivity index (χ3v) is 5.31. The molecular weight excluding hydrogens is 334 g/mol. The Morgan fingerprint density at radius 1 is 1.15 bits per heavy atom. The Morgan fingerprint density at radius 3 is 2.35 bits per heavy atom. The fraction of sp³-hybridized carbons (Fsp3) is 0.300. The van der Waals surface area contributed by atoms with Crippen LogP contribution in [0.4, 0.5) is 0 Å². The third-order valence-electron chi connectivity index (χ3n) is 5.31. The summed E-state index contributed by atoms with van der Waals surface area (Å²) in [5.41, 5.74) is 0.672. The van der Waals surface area contributed by atoms with E-state index in [2.05, 4.69) is 5.16 Å². The molecule has 2 aromatic carbocycles. The smallest absolute Gasteiger partial charge is 0.316 e. The summed E-state index contributed by atoms with van der Waals surface area (Å²) in [5.74, 6) is -2.98. The number of rotatable bonds is 5. The molecule has 0 bridgehead atoms.